The van der Waals surface area contributed by atoms with Gasteiger partial charge in [-0.2, -0.15) is 4.73 Å². The number of nitrogens with zero attached hydrogens (tertiary/aromatic N) is 1. The van der Waals surface area contributed by atoms with Crippen molar-refractivity contribution >= 4 is 23.6 Å². The molecule has 0 spiro atoms. The third-order valence-corrected chi connectivity index (χ3v) is 10.0. The number of ether oxygens (including phenoxy) is 2. The van der Waals surface area contributed by atoms with Crippen molar-refractivity contribution in [1.82, 2.24) is 10.6 Å². The number of aliphatic hydroxyl groups is 1. The quantitative estimate of drug-likeness (QED) is 0.0723. The summed E-state index contributed by atoms with van der Waals surface area (Å²) >= 11 is 1.44. The van der Waals surface area contributed by atoms with E-state index >= 15 is 0 Å². The number of benzene rings is 4. The highest BCUT2D eigenvalue weighted by molar-refractivity contribution is 7.99. The number of aromatic nitrogens is 1. The fourth-order valence-corrected chi connectivity index (χ4v) is 7.16. The number of carbonyl (C=O) groups is 2. The standard InChI is InChI=1S/C41H41N3O6S/c1-28(46)35(24-29-10-4-2-5-11-29)43-41(47)42-25-30-15-21-34(22-16-30)40-49-36(27-51-37-14-8-9-23-44(37)48)38(32-12-6-3-7-13-32)39(50-40)33-19-17-31(26-45)18-20-33/h2-23,35-36,38-40,45H,24-27H2,1H3,(H2,42,43,47). The molecule has 6 rings (SSSR count). The summed E-state index contributed by atoms with van der Waals surface area (Å²) in [5.41, 5.74) is 5.44. The number of pyridine rings is 1. The zero-order chi connectivity index (χ0) is 35.6. The predicted molar refractivity (Wildman–Crippen MR) is 196 cm³/mol. The number of carbonyl (C=O) groups excluding carboxylic acids is 2. The van der Waals surface area contributed by atoms with E-state index in [4.69, 9.17) is 9.47 Å². The lowest BCUT2D eigenvalue weighted by Gasteiger charge is -2.43. The summed E-state index contributed by atoms with van der Waals surface area (Å²) in [6, 6.07) is 39.4. The summed E-state index contributed by atoms with van der Waals surface area (Å²) in [4.78, 5) is 25.0. The Hall–Kier alpha value is -5.00. The molecular formula is C41H41N3O6S. The molecule has 2 heterocycles. The predicted octanol–water partition coefficient (Wildman–Crippen LogP) is 6.54. The molecule has 5 atom stereocenters. The van der Waals surface area contributed by atoms with E-state index in [0.29, 0.717) is 17.2 Å². The number of rotatable bonds is 13. The average molecular weight is 704 g/mol. The normalized spacial score (nSPS) is 19.2. The van der Waals surface area contributed by atoms with Gasteiger partial charge in [0.25, 0.3) is 5.03 Å². The van der Waals surface area contributed by atoms with Crippen molar-refractivity contribution in [3.8, 4) is 0 Å². The van der Waals surface area contributed by atoms with Crippen LogP contribution in [-0.2, 0) is 33.8 Å². The second-order valence-corrected chi connectivity index (χ2v) is 13.5. The van der Waals surface area contributed by atoms with Crippen molar-refractivity contribution in [1.29, 1.82) is 0 Å². The monoisotopic (exact) mass is 703 g/mol. The topological polar surface area (TPSA) is 124 Å². The minimum atomic E-state index is -0.715. The first-order valence-corrected chi connectivity index (χ1v) is 17.9. The molecule has 1 aromatic heterocycles. The SMILES string of the molecule is CC(=O)C(Cc1ccccc1)NC(=O)NCc1ccc(C2OC(CSc3cccc[n+]3[O-])C(c3ccccc3)C(c3ccc(CO)cc3)O2)cc1. The van der Waals surface area contributed by atoms with Crippen LogP contribution in [0.2, 0.25) is 0 Å². The van der Waals surface area contributed by atoms with E-state index in [1.807, 2.05) is 103 Å². The Morgan fingerprint density at radius 3 is 2.10 bits per heavy atom. The number of hydrogen-bond acceptors (Lipinski definition) is 7. The van der Waals surface area contributed by atoms with Crippen LogP contribution in [0.25, 0.3) is 0 Å². The van der Waals surface area contributed by atoms with Gasteiger partial charge in [-0.25, -0.2) is 4.79 Å². The molecule has 3 N–H and O–H groups in total. The zero-order valence-corrected chi connectivity index (χ0v) is 29.1. The van der Waals surface area contributed by atoms with E-state index in [-0.39, 0.29) is 31.0 Å². The van der Waals surface area contributed by atoms with Gasteiger partial charge in [0.05, 0.1) is 24.9 Å². The van der Waals surface area contributed by atoms with Crippen molar-refractivity contribution in [2.75, 3.05) is 5.75 Å². The highest BCUT2D eigenvalue weighted by atomic mass is 32.2. The zero-order valence-electron chi connectivity index (χ0n) is 28.3. The van der Waals surface area contributed by atoms with Crippen LogP contribution < -0.4 is 15.4 Å². The Kier molecular flexibility index (Phi) is 12.1. The van der Waals surface area contributed by atoms with E-state index in [1.165, 1.54) is 24.9 Å². The molecular weight excluding hydrogens is 663 g/mol. The van der Waals surface area contributed by atoms with Crippen LogP contribution >= 0.6 is 11.8 Å². The van der Waals surface area contributed by atoms with Crippen LogP contribution in [0.5, 0.6) is 0 Å². The molecule has 0 radical (unpaired) electrons. The summed E-state index contributed by atoms with van der Waals surface area (Å²) in [7, 11) is 0. The molecule has 2 amide bonds. The van der Waals surface area contributed by atoms with E-state index < -0.39 is 24.5 Å². The number of Topliss-reactive ketones (excluding diaryl/α,β-unsaturated/α-hetero) is 1. The minimum Gasteiger partial charge on any atom is -0.618 e. The third-order valence-electron chi connectivity index (χ3n) is 8.94. The number of nitrogens with one attached hydrogen (secondary N) is 2. The van der Waals surface area contributed by atoms with Gasteiger partial charge in [-0.1, -0.05) is 121 Å². The number of hydrogen-bond donors (Lipinski definition) is 3. The van der Waals surface area contributed by atoms with Gasteiger partial charge in [0.1, 0.15) is 0 Å². The van der Waals surface area contributed by atoms with Gasteiger partial charge in [-0.05, 0) is 47.2 Å². The molecule has 1 fully saturated rings. The maximum atomic E-state index is 12.8. The Bertz CT molecular complexity index is 1880. The summed E-state index contributed by atoms with van der Waals surface area (Å²) in [5, 5.41) is 28.5. The van der Waals surface area contributed by atoms with Gasteiger partial charge >= 0.3 is 6.03 Å². The fraction of sp³-hybridized carbons (Fsp3) is 0.244. The van der Waals surface area contributed by atoms with Gasteiger partial charge in [-0.3, -0.25) is 4.79 Å². The first-order chi connectivity index (χ1) is 24.9. The van der Waals surface area contributed by atoms with Gasteiger partial charge in [-0.15, -0.1) is 0 Å². The van der Waals surface area contributed by atoms with Crippen LogP contribution in [0.3, 0.4) is 0 Å². The lowest BCUT2D eigenvalue weighted by molar-refractivity contribution is -0.645. The van der Waals surface area contributed by atoms with Crippen molar-refractivity contribution in [3.05, 3.63) is 172 Å². The molecule has 5 aromatic rings. The lowest BCUT2D eigenvalue weighted by Crippen LogP contribution is -2.46. The molecule has 0 bridgehead atoms. The average Bonchev–Trinajstić information content (AvgIpc) is 3.17. The second kappa shape index (κ2) is 17.3. The second-order valence-electron chi connectivity index (χ2n) is 12.5. The summed E-state index contributed by atoms with van der Waals surface area (Å²) < 4.78 is 14.4. The molecule has 10 heteroatoms. The van der Waals surface area contributed by atoms with Gasteiger partial charge in [0, 0.05) is 35.9 Å². The van der Waals surface area contributed by atoms with Crippen LogP contribution in [0.15, 0.2) is 139 Å². The van der Waals surface area contributed by atoms with Crippen molar-refractivity contribution in [2.24, 2.45) is 0 Å². The number of thioether (sulfide) groups is 1. The molecule has 1 aliphatic rings. The Labute approximate surface area is 302 Å². The summed E-state index contributed by atoms with van der Waals surface area (Å²) in [6.07, 6.45) is 0.457. The highest BCUT2D eigenvalue weighted by Gasteiger charge is 2.42. The third kappa shape index (κ3) is 9.42. The van der Waals surface area contributed by atoms with E-state index in [1.54, 1.807) is 12.1 Å². The molecule has 9 nitrogen and oxygen atoms in total. The minimum absolute atomic E-state index is 0.0565. The Morgan fingerprint density at radius 2 is 1.43 bits per heavy atom. The first-order valence-electron chi connectivity index (χ1n) is 16.9. The largest absolute Gasteiger partial charge is 0.618 e. The molecule has 1 saturated heterocycles. The van der Waals surface area contributed by atoms with Crippen molar-refractivity contribution in [3.63, 3.8) is 0 Å². The van der Waals surface area contributed by atoms with Crippen LogP contribution in [-0.4, -0.2) is 34.8 Å². The number of aliphatic hydroxyl groups excluding tert-OH is 1. The van der Waals surface area contributed by atoms with Gasteiger partial charge in [0.15, 0.2) is 18.3 Å². The van der Waals surface area contributed by atoms with E-state index in [0.717, 1.165) is 38.1 Å². The van der Waals surface area contributed by atoms with Crippen LogP contribution in [0, 0.1) is 5.21 Å². The summed E-state index contributed by atoms with van der Waals surface area (Å²) in [6.45, 7) is 1.68. The smallest absolute Gasteiger partial charge is 0.315 e. The highest BCUT2D eigenvalue weighted by Crippen LogP contribution is 2.47. The molecule has 4 aromatic carbocycles. The molecule has 5 unspecified atom stereocenters. The number of urea groups is 1. The fourth-order valence-electron chi connectivity index (χ4n) is 6.17. The Balaban J connectivity index is 1.19. The van der Waals surface area contributed by atoms with Crippen molar-refractivity contribution in [2.45, 2.75) is 62.0 Å². The van der Waals surface area contributed by atoms with E-state index in [9.17, 15) is 19.9 Å². The van der Waals surface area contributed by atoms with E-state index in [2.05, 4.69) is 22.8 Å². The summed E-state index contributed by atoms with van der Waals surface area (Å²) in [5.74, 6) is 0.191. The van der Waals surface area contributed by atoms with Crippen LogP contribution in [0.1, 0.15) is 58.6 Å². The van der Waals surface area contributed by atoms with Crippen molar-refractivity contribution < 1.29 is 28.9 Å². The maximum absolute atomic E-state index is 12.8. The first kappa shape index (κ1) is 35.8. The van der Waals surface area contributed by atoms with Crippen LogP contribution in [0.4, 0.5) is 4.79 Å². The number of amides is 2. The Morgan fingerprint density at radius 1 is 0.784 bits per heavy atom. The molecule has 0 saturated carbocycles. The number of ketones is 1. The maximum Gasteiger partial charge on any atom is 0.315 e. The molecule has 1 aliphatic heterocycles. The molecule has 262 valence electrons. The molecule has 51 heavy (non-hydrogen) atoms. The lowest BCUT2D eigenvalue weighted by atomic mass is 9.84. The van der Waals surface area contributed by atoms with Gasteiger partial charge in [0.2, 0.25) is 0 Å². The van der Waals surface area contributed by atoms with Gasteiger partial charge < -0.3 is 30.4 Å². The molecule has 0 aliphatic carbocycles.